The first kappa shape index (κ1) is 19.2. The molecule has 0 radical (unpaired) electrons. The molecular weight excluding hydrogens is 388 g/mol. The fourth-order valence-corrected chi connectivity index (χ4v) is 4.04. The minimum Gasteiger partial charge on any atom is -0.368 e. The normalized spacial score (nSPS) is 15.8. The molecular formula is C22H21ClN4O2. The topological polar surface area (TPSA) is 81.2 Å². The zero-order valence-electron chi connectivity index (χ0n) is 16.2. The molecule has 1 aliphatic heterocycles. The van der Waals surface area contributed by atoms with Gasteiger partial charge < -0.3 is 10.6 Å². The maximum Gasteiger partial charge on any atom is 0.256 e. The highest BCUT2D eigenvalue weighted by Gasteiger charge is 2.34. The number of hydrogen-bond donors (Lipinski definition) is 1. The number of carbonyl (C=O) groups is 2. The molecule has 1 aromatic heterocycles. The zero-order chi connectivity index (χ0) is 20.7. The number of aryl methyl sites for hydroxylation is 2. The first-order chi connectivity index (χ1) is 13.8. The fourth-order valence-electron chi connectivity index (χ4n) is 3.84. The molecule has 4 rings (SSSR count). The van der Waals surface area contributed by atoms with Crippen LogP contribution in [0.25, 0.3) is 5.69 Å². The number of hydrogen-bond acceptors (Lipinski definition) is 3. The van der Waals surface area contributed by atoms with Crippen molar-refractivity contribution in [2.24, 2.45) is 5.73 Å². The highest BCUT2D eigenvalue weighted by molar-refractivity contribution is 6.34. The first-order valence-electron chi connectivity index (χ1n) is 9.35. The Bertz CT molecular complexity index is 1120. The van der Waals surface area contributed by atoms with Crippen molar-refractivity contribution in [2.45, 2.75) is 32.9 Å². The SMILES string of the molecule is Cc1cc(C)n(-c2ccc(Cl)c(C(=O)N3Cc4ccccc4CC3C(N)=O)c2)n1. The van der Waals surface area contributed by atoms with Gasteiger partial charge in [-0.2, -0.15) is 5.10 Å². The lowest BCUT2D eigenvalue weighted by Crippen LogP contribution is -2.51. The van der Waals surface area contributed by atoms with Gasteiger partial charge in [-0.05, 0) is 49.2 Å². The Kier molecular flexibility index (Phi) is 4.88. The second-order valence-corrected chi connectivity index (χ2v) is 7.73. The van der Waals surface area contributed by atoms with Crippen LogP contribution in [0, 0.1) is 13.8 Å². The van der Waals surface area contributed by atoms with Crippen molar-refractivity contribution in [3.63, 3.8) is 0 Å². The Balaban J connectivity index is 1.74. The summed E-state index contributed by atoms with van der Waals surface area (Å²) in [6, 6.07) is 14.2. The van der Waals surface area contributed by atoms with E-state index in [1.807, 2.05) is 50.2 Å². The lowest BCUT2D eigenvalue weighted by Gasteiger charge is -2.35. The molecule has 2 heterocycles. The van der Waals surface area contributed by atoms with Gasteiger partial charge >= 0.3 is 0 Å². The molecule has 2 amide bonds. The van der Waals surface area contributed by atoms with Gasteiger partial charge in [0.25, 0.3) is 5.91 Å². The second-order valence-electron chi connectivity index (χ2n) is 7.33. The monoisotopic (exact) mass is 408 g/mol. The van der Waals surface area contributed by atoms with Crippen LogP contribution in [0.1, 0.15) is 32.9 Å². The molecule has 29 heavy (non-hydrogen) atoms. The van der Waals surface area contributed by atoms with E-state index in [2.05, 4.69) is 5.10 Å². The van der Waals surface area contributed by atoms with Gasteiger partial charge in [-0.1, -0.05) is 35.9 Å². The Morgan fingerprint density at radius 2 is 1.83 bits per heavy atom. The second kappa shape index (κ2) is 7.37. The fraction of sp³-hybridized carbons (Fsp3) is 0.227. The molecule has 3 aromatic rings. The van der Waals surface area contributed by atoms with Crippen molar-refractivity contribution in [1.29, 1.82) is 0 Å². The maximum absolute atomic E-state index is 13.4. The summed E-state index contributed by atoms with van der Waals surface area (Å²) in [5, 5.41) is 4.79. The van der Waals surface area contributed by atoms with Crippen LogP contribution in [-0.2, 0) is 17.8 Å². The van der Waals surface area contributed by atoms with Crippen LogP contribution in [0.5, 0.6) is 0 Å². The van der Waals surface area contributed by atoms with E-state index in [1.165, 1.54) is 4.90 Å². The van der Waals surface area contributed by atoms with Crippen LogP contribution >= 0.6 is 11.6 Å². The van der Waals surface area contributed by atoms with Crippen LogP contribution in [0.3, 0.4) is 0 Å². The van der Waals surface area contributed by atoms with Gasteiger partial charge in [-0.3, -0.25) is 9.59 Å². The number of nitrogens with two attached hydrogens (primary N) is 1. The number of nitrogens with zero attached hydrogens (tertiary/aromatic N) is 3. The van der Waals surface area contributed by atoms with Crippen molar-refractivity contribution in [3.8, 4) is 5.69 Å². The summed E-state index contributed by atoms with van der Waals surface area (Å²) in [5.74, 6) is -0.852. The Hall–Kier alpha value is -3.12. The Labute approximate surface area is 173 Å². The van der Waals surface area contributed by atoms with E-state index in [0.29, 0.717) is 23.6 Å². The van der Waals surface area contributed by atoms with Crippen molar-refractivity contribution in [2.75, 3.05) is 0 Å². The van der Waals surface area contributed by atoms with E-state index in [4.69, 9.17) is 17.3 Å². The number of rotatable bonds is 3. The van der Waals surface area contributed by atoms with Gasteiger partial charge in [0, 0.05) is 18.7 Å². The van der Waals surface area contributed by atoms with E-state index in [-0.39, 0.29) is 5.91 Å². The standard InChI is InChI=1S/C22H21ClN4O2/c1-13-9-14(2)27(25-13)17-7-8-19(23)18(11-17)22(29)26-12-16-6-4-3-5-15(16)10-20(26)21(24)28/h3-9,11,20H,10,12H2,1-2H3,(H2,24,28). The lowest BCUT2D eigenvalue weighted by atomic mass is 9.93. The van der Waals surface area contributed by atoms with Gasteiger partial charge in [0.15, 0.2) is 0 Å². The van der Waals surface area contributed by atoms with E-state index < -0.39 is 11.9 Å². The van der Waals surface area contributed by atoms with Crippen molar-refractivity contribution < 1.29 is 9.59 Å². The molecule has 7 heteroatoms. The van der Waals surface area contributed by atoms with E-state index >= 15 is 0 Å². The van der Waals surface area contributed by atoms with Gasteiger partial charge in [0.05, 0.1) is 22.0 Å². The van der Waals surface area contributed by atoms with Crippen LogP contribution in [0.2, 0.25) is 5.02 Å². The summed E-state index contributed by atoms with van der Waals surface area (Å²) in [4.78, 5) is 27.0. The molecule has 2 aromatic carbocycles. The molecule has 0 fully saturated rings. The van der Waals surface area contributed by atoms with Crippen molar-refractivity contribution in [3.05, 3.63) is 81.6 Å². The number of halogens is 1. The van der Waals surface area contributed by atoms with Crippen LogP contribution in [-0.4, -0.2) is 32.5 Å². The average molecular weight is 409 g/mol. The number of fused-ring (bicyclic) bond motifs is 1. The highest BCUT2D eigenvalue weighted by Crippen LogP contribution is 2.28. The molecule has 2 N–H and O–H groups in total. The van der Waals surface area contributed by atoms with Crippen molar-refractivity contribution in [1.82, 2.24) is 14.7 Å². The summed E-state index contributed by atoms with van der Waals surface area (Å²) >= 11 is 6.38. The summed E-state index contributed by atoms with van der Waals surface area (Å²) in [6.45, 7) is 4.16. The van der Waals surface area contributed by atoms with Gasteiger partial charge in [0.1, 0.15) is 6.04 Å². The minimum atomic E-state index is -0.717. The number of primary amides is 1. The van der Waals surface area contributed by atoms with Gasteiger partial charge in [-0.25, -0.2) is 4.68 Å². The predicted molar refractivity (Wildman–Crippen MR) is 111 cm³/mol. The number of carbonyl (C=O) groups excluding carboxylic acids is 2. The maximum atomic E-state index is 13.4. The molecule has 1 aliphatic rings. The molecule has 0 saturated heterocycles. The van der Waals surface area contributed by atoms with Crippen LogP contribution < -0.4 is 5.73 Å². The van der Waals surface area contributed by atoms with E-state index in [0.717, 1.165) is 28.2 Å². The highest BCUT2D eigenvalue weighted by atomic mass is 35.5. The van der Waals surface area contributed by atoms with E-state index in [9.17, 15) is 9.59 Å². The number of aromatic nitrogens is 2. The van der Waals surface area contributed by atoms with Crippen LogP contribution in [0.4, 0.5) is 0 Å². The third-order valence-corrected chi connectivity index (χ3v) is 5.60. The van der Waals surface area contributed by atoms with Gasteiger partial charge in [0.2, 0.25) is 5.91 Å². The quantitative estimate of drug-likeness (QED) is 0.722. The summed E-state index contributed by atoms with van der Waals surface area (Å²) in [6.07, 6.45) is 0.395. The zero-order valence-corrected chi connectivity index (χ0v) is 17.0. The summed E-state index contributed by atoms with van der Waals surface area (Å²) in [7, 11) is 0. The summed E-state index contributed by atoms with van der Waals surface area (Å²) in [5.41, 5.74) is 10.6. The first-order valence-corrected chi connectivity index (χ1v) is 9.73. The predicted octanol–water partition coefficient (Wildman–Crippen LogP) is 3.19. The summed E-state index contributed by atoms with van der Waals surface area (Å²) < 4.78 is 1.76. The molecule has 0 aliphatic carbocycles. The van der Waals surface area contributed by atoms with E-state index in [1.54, 1.807) is 16.8 Å². The number of benzene rings is 2. The smallest absolute Gasteiger partial charge is 0.256 e. The number of amides is 2. The minimum absolute atomic E-state index is 0.309. The molecule has 0 saturated carbocycles. The Morgan fingerprint density at radius 1 is 1.10 bits per heavy atom. The van der Waals surface area contributed by atoms with Crippen LogP contribution in [0.15, 0.2) is 48.5 Å². The Morgan fingerprint density at radius 3 is 2.48 bits per heavy atom. The molecule has 1 unspecified atom stereocenters. The van der Waals surface area contributed by atoms with Gasteiger partial charge in [-0.15, -0.1) is 0 Å². The van der Waals surface area contributed by atoms with Crippen molar-refractivity contribution >= 4 is 23.4 Å². The molecule has 6 nitrogen and oxygen atoms in total. The third kappa shape index (κ3) is 3.51. The largest absolute Gasteiger partial charge is 0.368 e. The average Bonchev–Trinajstić information content (AvgIpc) is 3.04. The lowest BCUT2D eigenvalue weighted by molar-refractivity contribution is -0.122. The third-order valence-electron chi connectivity index (χ3n) is 5.27. The molecule has 0 spiro atoms. The molecule has 148 valence electrons. The molecule has 1 atom stereocenters. The molecule has 0 bridgehead atoms.